The van der Waals surface area contributed by atoms with Crippen molar-refractivity contribution in [3.8, 4) is 0 Å². The van der Waals surface area contributed by atoms with Crippen molar-refractivity contribution in [1.29, 1.82) is 0 Å². The lowest BCUT2D eigenvalue weighted by atomic mass is 9.62. The molecule has 0 aromatic carbocycles. The topological polar surface area (TPSA) is 20.2 Å². The quantitative estimate of drug-likeness (QED) is 0.476. The summed E-state index contributed by atoms with van der Waals surface area (Å²) in [6.45, 7) is 8.91. The van der Waals surface area contributed by atoms with Crippen LogP contribution in [0.3, 0.4) is 0 Å². The van der Waals surface area contributed by atoms with E-state index < -0.39 is 5.60 Å². The van der Waals surface area contributed by atoms with E-state index in [9.17, 15) is 5.11 Å². The van der Waals surface area contributed by atoms with E-state index in [1.54, 1.807) is 11.1 Å². The van der Waals surface area contributed by atoms with Crippen LogP contribution < -0.4 is 0 Å². The highest BCUT2D eigenvalue weighted by Gasteiger charge is 2.48. The molecular formula is C26H44O. The smallest absolute Gasteiger partial charge is 0.0591 e. The molecule has 4 unspecified atom stereocenters. The molecule has 0 amide bonds. The zero-order valence-electron chi connectivity index (χ0n) is 18.5. The normalized spacial score (nSPS) is 37.7. The maximum absolute atomic E-state index is 9.95. The number of aliphatic hydroxyl groups is 1. The number of hydrogen-bond acceptors (Lipinski definition) is 1. The molecule has 1 nitrogen and oxygen atoms in total. The maximum atomic E-state index is 9.95. The summed E-state index contributed by atoms with van der Waals surface area (Å²) in [7, 11) is 0. The molecule has 0 aromatic heterocycles. The van der Waals surface area contributed by atoms with Gasteiger partial charge in [-0.2, -0.15) is 0 Å². The Kier molecular flexibility index (Phi) is 6.93. The van der Waals surface area contributed by atoms with Gasteiger partial charge in [-0.1, -0.05) is 56.4 Å². The third kappa shape index (κ3) is 5.49. The van der Waals surface area contributed by atoms with Crippen LogP contribution in [0, 0.1) is 23.2 Å². The maximum Gasteiger partial charge on any atom is 0.0591 e. The van der Waals surface area contributed by atoms with E-state index in [4.69, 9.17) is 0 Å². The molecule has 27 heavy (non-hydrogen) atoms. The first-order valence-electron chi connectivity index (χ1n) is 11.9. The van der Waals surface area contributed by atoms with Gasteiger partial charge in [0.05, 0.1) is 5.60 Å². The Morgan fingerprint density at radius 3 is 2.63 bits per heavy atom. The van der Waals surface area contributed by atoms with Gasteiger partial charge in [0.2, 0.25) is 0 Å². The minimum atomic E-state index is -0.493. The van der Waals surface area contributed by atoms with Crippen LogP contribution in [0.15, 0.2) is 23.3 Å². The van der Waals surface area contributed by atoms with Crippen LogP contribution in [0.25, 0.3) is 0 Å². The van der Waals surface area contributed by atoms with Crippen molar-refractivity contribution < 1.29 is 5.11 Å². The second kappa shape index (κ2) is 8.85. The highest BCUT2D eigenvalue weighted by Crippen LogP contribution is 2.58. The summed E-state index contributed by atoms with van der Waals surface area (Å²) in [5, 5.41) is 9.95. The molecule has 0 spiro atoms. The van der Waals surface area contributed by atoms with Crippen LogP contribution in [-0.2, 0) is 0 Å². The van der Waals surface area contributed by atoms with Crippen molar-refractivity contribution in [3.05, 3.63) is 23.3 Å². The van der Waals surface area contributed by atoms with Crippen LogP contribution in [0.2, 0.25) is 0 Å². The minimum absolute atomic E-state index is 0.493. The molecular weight excluding hydrogens is 328 g/mol. The fourth-order valence-electron chi connectivity index (χ4n) is 6.47. The van der Waals surface area contributed by atoms with E-state index in [1.165, 1.54) is 77.0 Å². The van der Waals surface area contributed by atoms with Crippen LogP contribution in [-0.4, -0.2) is 10.7 Å². The van der Waals surface area contributed by atoms with E-state index in [-0.39, 0.29) is 0 Å². The molecule has 0 bridgehead atoms. The molecule has 3 saturated carbocycles. The minimum Gasteiger partial charge on any atom is -0.390 e. The van der Waals surface area contributed by atoms with Gasteiger partial charge in [0.15, 0.2) is 0 Å². The van der Waals surface area contributed by atoms with Gasteiger partial charge in [0, 0.05) is 0 Å². The zero-order chi connectivity index (χ0) is 19.5. The van der Waals surface area contributed by atoms with Gasteiger partial charge in [-0.25, -0.2) is 0 Å². The summed E-state index contributed by atoms with van der Waals surface area (Å²) in [4.78, 5) is 0. The fraction of sp³-hybridized carbons (Fsp3) is 0.846. The van der Waals surface area contributed by atoms with Gasteiger partial charge in [0.1, 0.15) is 0 Å². The molecule has 0 radical (unpaired) electrons. The molecule has 0 heterocycles. The summed E-state index contributed by atoms with van der Waals surface area (Å²) in [5.74, 6) is 2.62. The lowest BCUT2D eigenvalue weighted by Crippen LogP contribution is -2.33. The predicted molar refractivity (Wildman–Crippen MR) is 117 cm³/mol. The highest BCUT2D eigenvalue weighted by molar-refractivity contribution is 5.25. The van der Waals surface area contributed by atoms with Crippen LogP contribution in [0.4, 0.5) is 0 Å². The average Bonchev–Trinajstić information content (AvgIpc) is 2.93. The largest absolute Gasteiger partial charge is 0.390 e. The number of allylic oxidation sites excluding steroid dienone is 4. The third-order valence-electron chi connectivity index (χ3n) is 8.09. The number of rotatable bonds is 6. The van der Waals surface area contributed by atoms with E-state index in [2.05, 4.69) is 26.0 Å². The highest BCUT2D eigenvalue weighted by atomic mass is 16.3. The molecule has 3 aliphatic carbocycles. The molecule has 154 valence electrons. The lowest BCUT2D eigenvalue weighted by molar-refractivity contribution is 0.0660. The Bertz CT molecular complexity index is 549. The van der Waals surface area contributed by atoms with Crippen molar-refractivity contribution >= 4 is 0 Å². The summed E-state index contributed by atoms with van der Waals surface area (Å²) < 4.78 is 0. The number of unbranched alkanes of at least 4 members (excludes halogenated alkanes) is 1. The Morgan fingerprint density at radius 2 is 1.89 bits per heavy atom. The van der Waals surface area contributed by atoms with E-state index >= 15 is 0 Å². The summed E-state index contributed by atoms with van der Waals surface area (Å²) >= 11 is 0. The molecule has 0 aliphatic heterocycles. The zero-order valence-corrected chi connectivity index (χ0v) is 18.5. The monoisotopic (exact) mass is 372 g/mol. The average molecular weight is 373 g/mol. The SMILES string of the molecule is CC1CCC/C(=C/C=C2\CCCC3(C)C(CCCCC(C)(C)O)CCC23)C1. The number of hydrogen-bond donors (Lipinski definition) is 1. The predicted octanol–water partition coefficient (Wildman–Crippen LogP) is 7.60. The first-order valence-corrected chi connectivity index (χ1v) is 11.9. The van der Waals surface area contributed by atoms with E-state index in [0.717, 1.165) is 24.2 Å². The van der Waals surface area contributed by atoms with Crippen molar-refractivity contribution in [3.63, 3.8) is 0 Å². The second-order valence-corrected chi connectivity index (χ2v) is 11.0. The Balaban J connectivity index is 1.60. The molecule has 0 saturated heterocycles. The fourth-order valence-corrected chi connectivity index (χ4v) is 6.47. The van der Waals surface area contributed by atoms with Crippen molar-refractivity contribution in [2.24, 2.45) is 23.2 Å². The molecule has 1 N–H and O–H groups in total. The van der Waals surface area contributed by atoms with Crippen molar-refractivity contribution in [1.82, 2.24) is 0 Å². The Hall–Kier alpha value is -0.560. The molecule has 0 aromatic rings. The Labute approximate surface area is 168 Å². The molecule has 1 heteroatoms. The molecule has 3 fully saturated rings. The van der Waals surface area contributed by atoms with Gasteiger partial charge < -0.3 is 5.11 Å². The van der Waals surface area contributed by atoms with Gasteiger partial charge in [0.25, 0.3) is 0 Å². The van der Waals surface area contributed by atoms with Crippen LogP contribution in [0.5, 0.6) is 0 Å². The molecule has 4 atom stereocenters. The Morgan fingerprint density at radius 1 is 1.07 bits per heavy atom. The third-order valence-corrected chi connectivity index (χ3v) is 8.09. The van der Waals surface area contributed by atoms with Crippen LogP contribution >= 0.6 is 0 Å². The van der Waals surface area contributed by atoms with Gasteiger partial charge in [-0.15, -0.1) is 0 Å². The number of fused-ring (bicyclic) bond motifs is 1. The van der Waals surface area contributed by atoms with E-state index in [0.29, 0.717) is 5.41 Å². The first-order chi connectivity index (χ1) is 12.8. The first kappa shape index (κ1) is 21.2. The van der Waals surface area contributed by atoms with Gasteiger partial charge >= 0.3 is 0 Å². The summed E-state index contributed by atoms with van der Waals surface area (Å²) in [6, 6.07) is 0. The summed E-state index contributed by atoms with van der Waals surface area (Å²) in [6.07, 6.45) is 22.3. The van der Waals surface area contributed by atoms with E-state index in [1.807, 2.05) is 13.8 Å². The summed E-state index contributed by atoms with van der Waals surface area (Å²) in [5.41, 5.74) is 3.52. The van der Waals surface area contributed by atoms with Crippen molar-refractivity contribution in [2.75, 3.05) is 0 Å². The lowest BCUT2D eigenvalue weighted by Gasteiger charge is -2.42. The molecule has 3 rings (SSSR count). The van der Waals surface area contributed by atoms with Gasteiger partial charge in [-0.05, 0) is 101 Å². The second-order valence-electron chi connectivity index (χ2n) is 11.0. The van der Waals surface area contributed by atoms with Gasteiger partial charge in [-0.3, -0.25) is 0 Å². The standard InChI is InChI=1S/C26H44O/c1-20-9-7-10-21(19-20)13-14-22-11-8-18-26(4)23(15-16-24(22)26)12-5-6-17-25(2,3)27/h13-14,20,23-24,27H,5-12,15-19H2,1-4H3/b21-13-,22-14+. The van der Waals surface area contributed by atoms with Crippen LogP contribution in [0.1, 0.15) is 111 Å². The van der Waals surface area contributed by atoms with Crippen molar-refractivity contribution in [2.45, 2.75) is 117 Å². The molecule has 3 aliphatic rings.